The Hall–Kier alpha value is -3.72. The molecule has 0 saturated heterocycles. The van der Waals surface area contributed by atoms with Gasteiger partial charge in [-0.05, 0) is 31.0 Å². The van der Waals surface area contributed by atoms with Crippen LogP contribution in [0.1, 0.15) is 30.2 Å². The van der Waals surface area contributed by atoms with E-state index in [4.69, 9.17) is 0 Å². The number of nitrogens with one attached hydrogen (secondary N) is 1. The van der Waals surface area contributed by atoms with Crippen molar-refractivity contribution in [3.63, 3.8) is 0 Å². The molecule has 33 heavy (non-hydrogen) atoms. The number of carbonyl (C=O) groups excluding carboxylic acids is 1. The molecule has 9 heteroatoms. The molecule has 2 N–H and O–H groups in total. The summed E-state index contributed by atoms with van der Waals surface area (Å²) >= 11 is 0. The first-order valence-electron chi connectivity index (χ1n) is 10.5. The number of nitrogens with zero attached hydrogens (tertiary/aromatic N) is 4. The van der Waals surface area contributed by atoms with Gasteiger partial charge < -0.3 is 10.4 Å². The standard InChI is InChI=1S/C24H21F2N5O2/c1-3-4-20(32)18-7-13(2)16(12-28-18)15-8-14-11-29-21(30-23(33)17-10-24(17,25)26)9-19(14)31-6-5-27-22(15)31/h3,5-9,11-12,17,20,32H,1,4,10H2,2H3,(H,29,30,33)/t17-,20+/m1/s1. The Morgan fingerprint density at radius 3 is 2.79 bits per heavy atom. The number of aryl methyl sites for hydroxylation is 1. The molecule has 2 atom stereocenters. The third-order valence-electron chi connectivity index (χ3n) is 5.90. The molecule has 0 unspecified atom stereocenters. The van der Waals surface area contributed by atoms with Gasteiger partial charge in [-0.2, -0.15) is 0 Å². The lowest BCUT2D eigenvalue weighted by atomic mass is 10.0. The summed E-state index contributed by atoms with van der Waals surface area (Å²) in [5, 5.41) is 13.5. The van der Waals surface area contributed by atoms with Crippen LogP contribution in [0.2, 0.25) is 0 Å². The van der Waals surface area contributed by atoms with Crippen molar-refractivity contribution in [2.24, 2.45) is 5.92 Å². The maximum atomic E-state index is 13.2. The van der Waals surface area contributed by atoms with Crippen molar-refractivity contribution in [3.05, 3.63) is 66.9 Å². The van der Waals surface area contributed by atoms with Crippen LogP contribution < -0.4 is 5.32 Å². The SMILES string of the molecule is C=CC[C@H](O)c1cc(C)c(-c2cc3cnc(NC(=O)[C@H]4CC4(F)F)cc3n3ccnc23)cn1. The molecule has 1 aliphatic carbocycles. The Morgan fingerprint density at radius 2 is 2.09 bits per heavy atom. The number of fused-ring (bicyclic) bond motifs is 3. The van der Waals surface area contributed by atoms with E-state index in [1.807, 2.05) is 23.5 Å². The number of pyridine rings is 3. The van der Waals surface area contributed by atoms with Crippen molar-refractivity contribution in [2.45, 2.75) is 31.8 Å². The predicted octanol–water partition coefficient (Wildman–Crippen LogP) is 4.46. The lowest BCUT2D eigenvalue weighted by molar-refractivity contribution is -0.119. The summed E-state index contributed by atoms with van der Waals surface area (Å²) in [4.78, 5) is 25.2. The Labute approximate surface area is 187 Å². The molecule has 0 spiro atoms. The summed E-state index contributed by atoms with van der Waals surface area (Å²) in [7, 11) is 0. The number of halogens is 2. The highest BCUT2D eigenvalue weighted by molar-refractivity contribution is 5.97. The molecule has 4 aromatic heterocycles. The van der Waals surface area contributed by atoms with Crippen molar-refractivity contribution in [1.29, 1.82) is 0 Å². The van der Waals surface area contributed by atoms with Crippen LogP contribution in [-0.4, -0.2) is 36.3 Å². The summed E-state index contributed by atoms with van der Waals surface area (Å²) in [6.45, 7) is 5.59. The zero-order valence-electron chi connectivity index (χ0n) is 17.8. The smallest absolute Gasteiger partial charge is 0.260 e. The number of hydrogen-bond donors (Lipinski definition) is 2. The second kappa shape index (κ2) is 7.70. The number of hydrogen-bond acceptors (Lipinski definition) is 5. The van der Waals surface area contributed by atoms with Crippen LogP contribution in [0.5, 0.6) is 0 Å². The number of anilines is 1. The minimum Gasteiger partial charge on any atom is -0.386 e. The Balaban J connectivity index is 1.54. The summed E-state index contributed by atoms with van der Waals surface area (Å²) in [6.07, 6.45) is 7.65. The van der Waals surface area contributed by atoms with E-state index in [9.17, 15) is 18.7 Å². The fourth-order valence-electron chi connectivity index (χ4n) is 3.99. The van der Waals surface area contributed by atoms with E-state index in [-0.39, 0.29) is 5.82 Å². The second-order valence-corrected chi connectivity index (χ2v) is 8.28. The van der Waals surface area contributed by atoms with Crippen LogP contribution in [0, 0.1) is 12.8 Å². The minimum atomic E-state index is -2.93. The Bertz CT molecular complexity index is 1420. The molecular weight excluding hydrogens is 428 g/mol. The largest absolute Gasteiger partial charge is 0.386 e. The van der Waals surface area contributed by atoms with Gasteiger partial charge in [0.1, 0.15) is 17.4 Å². The number of rotatable bonds is 6. The Morgan fingerprint density at radius 1 is 1.30 bits per heavy atom. The van der Waals surface area contributed by atoms with Crippen LogP contribution in [0.3, 0.4) is 0 Å². The number of aliphatic hydroxyl groups excluding tert-OH is 1. The normalized spacial score (nSPS) is 17.8. The average molecular weight is 449 g/mol. The quantitative estimate of drug-likeness (QED) is 0.424. The number of aromatic nitrogens is 4. The summed E-state index contributed by atoms with van der Waals surface area (Å²) in [6, 6.07) is 5.42. The first-order valence-corrected chi connectivity index (χ1v) is 10.5. The first kappa shape index (κ1) is 21.1. The van der Waals surface area contributed by atoms with Crippen LogP contribution >= 0.6 is 0 Å². The van der Waals surface area contributed by atoms with Gasteiger partial charge in [0.15, 0.2) is 0 Å². The van der Waals surface area contributed by atoms with Crippen molar-refractivity contribution in [3.8, 4) is 11.1 Å². The van der Waals surface area contributed by atoms with Gasteiger partial charge in [0.2, 0.25) is 5.91 Å². The molecule has 4 aromatic rings. The molecule has 7 nitrogen and oxygen atoms in total. The fourth-order valence-corrected chi connectivity index (χ4v) is 3.99. The molecule has 1 fully saturated rings. The van der Waals surface area contributed by atoms with Crippen LogP contribution in [0.15, 0.2) is 55.6 Å². The van der Waals surface area contributed by atoms with Gasteiger partial charge in [0.25, 0.3) is 5.92 Å². The Kier molecular flexibility index (Phi) is 4.93. The molecule has 1 saturated carbocycles. The third-order valence-corrected chi connectivity index (χ3v) is 5.90. The van der Waals surface area contributed by atoms with Crippen LogP contribution in [0.4, 0.5) is 14.6 Å². The highest BCUT2D eigenvalue weighted by Gasteiger charge is 2.61. The number of imidazole rings is 1. The van der Waals surface area contributed by atoms with E-state index < -0.39 is 30.3 Å². The van der Waals surface area contributed by atoms with Crippen molar-refractivity contribution in [1.82, 2.24) is 19.4 Å². The molecule has 1 aliphatic rings. The van der Waals surface area contributed by atoms with Crippen molar-refractivity contribution >= 4 is 28.3 Å². The minimum absolute atomic E-state index is 0.205. The highest BCUT2D eigenvalue weighted by atomic mass is 19.3. The molecule has 4 heterocycles. The van der Waals surface area contributed by atoms with E-state index in [1.165, 1.54) is 0 Å². The first-order chi connectivity index (χ1) is 15.8. The van der Waals surface area contributed by atoms with E-state index in [2.05, 4.69) is 26.8 Å². The van der Waals surface area contributed by atoms with Gasteiger partial charge in [-0.15, -0.1) is 6.58 Å². The maximum absolute atomic E-state index is 13.2. The van der Waals surface area contributed by atoms with Crippen LogP contribution in [0.25, 0.3) is 27.7 Å². The number of aliphatic hydroxyl groups is 1. The molecule has 5 rings (SSSR count). The number of alkyl halides is 2. The van der Waals surface area contributed by atoms with E-state index in [0.717, 1.165) is 27.6 Å². The van der Waals surface area contributed by atoms with Crippen molar-refractivity contribution in [2.75, 3.05) is 5.32 Å². The molecule has 1 amide bonds. The lowest BCUT2D eigenvalue weighted by Gasteiger charge is -2.14. The zero-order valence-corrected chi connectivity index (χ0v) is 17.8. The van der Waals surface area contributed by atoms with Gasteiger partial charge in [-0.1, -0.05) is 6.08 Å². The van der Waals surface area contributed by atoms with Gasteiger partial charge in [0.05, 0.1) is 17.3 Å². The predicted molar refractivity (Wildman–Crippen MR) is 120 cm³/mol. The van der Waals surface area contributed by atoms with Crippen molar-refractivity contribution < 1.29 is 18.7 Å². The average Bonchev–Trinajstić information content (AvgIpc) is 3.18. The molecule has 168 valence electrons. The molecular formula is C24H21F2N5O2. The third kappa shape index (κ3) is 3.74. The molecule has 0 aliphatic heterocycles. The number of amides is 1. The maximum Gasteiger partial charge on any atom is 0.260 e. The van der Waals surface area contributed by atoms with E-state index in [0.29, 0.717) is 17.8 Å². The monoisotopic (exact) mass is 449 g/mol. The summed E-state index contributed by atoms with van der Waals surface area (Å²) < 4.78 is 28.3. The van der Waals surface area contributed by atoms with Gasteiger partial charge in [-0.25, -0.2) is 18.7 Å². The molecule has 0 bridgehead atoms. The van der Waals surface area contributed by atoms with E-state index in [1.54, 1.807) is 36.9 Å². The van der Waals surface area contributed by atoms with E-state index >= 15 is 0 Å². The summed E-state index contributed by atoms with van der Waals surface area (Å²) in [5.41, 5.74) is 4.58. The van der Waals surface area contributed by atoms with Gasteiger partial charge in [-0.3, -0.25) is 14.2 Å². The van der Waals surface area contributed by atoms with Gasteiger partial charge in [0, 0.05) is 53.8 Å². The lowest BCUT2D eigenvalue weighted by Crippen LogP contribution is -2.18. The fraction of sp³-hybridized carbons (Fsp3) is 0.250. The highest BCUT2D eigenvalue weighted by Crippen LogP contribution is 2.49. The second-order valence-electron chi connectivity index (χ2n) is 8.28. The summed E-state index contributed by atoms with van der Waals surface area (Å²) in [5.74, 6) is -4.76. The zero-order chi connectivity index (χ0) is 23.3. The van der Waals surface area contributed by atoms with Gasteiger partial charge >= 0.3 is 0 Å². The molecule has 0 aromatic carbocycles. The molecule has 0 radical (unpaired) electrons. The van der Waals surface area contributed by atoms with Crippen LogP contribution in [-0.2, 0) is 4.79 Å². The topological polar surface area (TPSA) is 92.4 Å². The number of carbonyl (C=O) groups is 1.